The van der Waals surface area contributed by atoms with Gasteiger partial charge in [-0.15, -0.1) is 0 Å². The highest BCUT2D eigenvalue weighted by atomic mass is 33.5. The van der Waals surface area contributed by atoms with E-state index in [1.54, 1.807) is 43.2 Å². The van der Waals surface area contributed by atoms with Crippen LogP contribution in [0.2, 0.25) is 0 Å². The molecule has 0 saturated heterocycles. The fourth-order valence-electron chi connectivity index (χ4n) is 13.3. The predicted molar refractivity (Wildman–Crippen MR) is 526 cm³/mol. The van der Waals surface area contributed by atoms with Gasteiger partial charge in [-0.3, -0.25) is 19.2 Å². The van der Waals surface area contributed by atoms with E-state index in [0.29, 0.717) is 51.4 Å². The van der Waals surface area contributed by atoms with Gasteiger partial charge in [0.2, 0.25) is 0 Å². The van der Waals surface area contributed by atoms with E-state index < -0.39 is 0 Å². The third-order valence-electron chi connectivity index (χ3n) is 20.2. The van der Waals surface area contributed by atoms with Crippen molar-refractivity contribution in [3.63, 3.8) is 0 Å². The maximum Gasteiger partial charge on any atom is 0.306 e. The molecule has 0 aromatic heterocycles. The SMILES string of the molecule is CCCCCCCCCCCCCCSSSCC(C)OC(=O)CC/C=C(/CCCN(C)CC/C=C(/CCCC(=O)OC(C)CSSSCCCCCCCCCCCCCC)CCC(=O)OC(C)CSSSCCCCCCCCCCCCCC)CCC(=O)OC(C)CSSSCCCCCCCCCCCCCC. The number of carbonyl (C=O) groups is 4. The van der Waals surface area contributed by atoms with Crippen molar-refractivity contribution in [3.8, 4) is 0 Å². The fraction of sp³-hybridized carbons (Fsp3) is 0.912. The molecule has 0 heterocycles. The summed E-state index contributed by atoms with van der Waals surface area (Å²) in [6, 6.07) is 0. The quantitative estimate of drug-likeness (QED) is 0.0189. The highest BCUT2D eigenvalue weighted by Gasteiger charge is 2.17. The van der Waals surface area contributed by atoms with Gasteiger partial charge in [0, 0.05) is 78.3 Å². The molecule has 0 saturated carbocycles. The third kappa shape index (κ3) is 89.3. The van der Waals surface area contributed by atoms with Crippen LogP contribution in [0.5, 0.6) is 0 Å². The number of allylic oxidation sites excluding steroid dienone is 3. The van der Waals surface area contributed by atoms with Crippen LogP contribution in [0.4, 0.5) is 0 Å². The molecule has 0 aliphatic carbocycles. The van der Waals surface area contributed by atoms with Gasteiger partial charge in [-0.05, 0) is 158 Å². The Kier molecular flexibility index (Phi) is 94.5. The molecule has 9 nitrogen and oxygen atoms in total. The van der Waals surface area contributed by atoms with Gasteiger partial charge in [0.05, 0.1) is 0 Å². The van der Waals surface area contributed by atoms with E-state index in [0.717, 1.165) is 73.3 Å². The second-order valence-corrected chi connectivity index (χ2v) is 49.4. The third-order valence-corrected chi connectivity index (χ3v) is 38.1. The Morgan fingerprint density at radius 3 is 0.759 bits per heavy atom. The number of esters is 4. The van der Waals surface area contributed by atoms with Crippen molar-refractivity contribution in [2.45, 2.75) is 465 Å². The van der Waals surface area contributed by atoms with Gasteiger partial charge >= 0.3 is 23.9 Å². The molecule has 0 rings (SSSR count). The van der Waals surface area contributed by atoms with Crippen molar-refractivity contribution in [2.75, 3.05) is 66.2 Å². The zero-order chi connectivity index (χ0) is 81.6. The second kappa shape index (κ2) is 93.2. The van der Waals surface area contributed by atoms with E-state index in [9.17, 15) is 19.2 Å². The molecule has 0 radical (unpaired) electrons. The van der Waals surface area contributed by atoms with E-state index in [1.807, 2.05) is 110 Å². The van der Waals surface area contributed by atoms with E-state index >= 15 is 0 Å². The molecule has 0 aliphatic rings. The predicted octanol–water partition coefficient (Wildman–Crippen LogP) is 34.1. The number of rotatable bonds is 92. The lowest BCUT2D eigenvalue weighted by Crippen LogP contribution is -2.21. The molecule has 0 aromatic carbocycles. The van der Waals surface area contributed by atoms with Crippen LogP contribution in [-0.4, -0.2) is 119 Å². The van der Waals surface area contributed by atoms with Gasteiger partial charge in [-0.1, -0.05) is 420 Å². The van der Waals surface area contributed by atoms with Gasteiger partial charge in [0.15, 0.2) is 0 Å². The fourth-order valence-corrected chi connectivity index (χ4v) is 29.3. The van der Waals surface area contributed by atoms with Crippen molar-refractivity contribution in [1.82, 2.24) is 4.90 Å². The van der Waals surface area contributed by atoms with Crippen LogP contribution in [-0.2, 0) is 38.1 Å². The van der Waals surface area contributed by atoms with E-state index in [4.69, 9.17) is 18.9 Å². The summed E-state index contributed by atoms with van der Waals surface area (Å²) in [7, 11) is 24.3. The molecular weight excluding hydrogens is 1620 g/mol. The monoisotopic (exact) mass is 1790 g/mol. The topological polar surface area (TPSA) is 108 Å². The van der Waals surface area contributed by atoms with E-state index in [-0.39, 0.29) is 48.3 Å². The number of nitrogens with zero attached hydrogens (tertiary/aromatic N) is 1. The average Bonchev–Trinajstić information content (AvgIpc) is 0.958. The average molecular weight is 1790 g/mol. The molecule has 0 fully saturated rings. The molecule has 4 unspecified atom stereocenters. The van der Waals surface area contributed by atoms with E-state index in [2.05, 4.69) is 51.8 Å². The minimum atomic E-state index is -0.172. The summed E-state index contributed by atoms with van der Waals surface area (Å²) in [5, 5.41) is 0. The Labute approximate surface area is 740 Å². The maximum atomic E-state index is 13.4. The molecule has 0 amide bonds. The molecule has 0 bridgehead atoms. The smallest absolute Gasteiger partial charge is 0.306 e. The molecule has 0 N–H and O–H groups in total. The van der Waals surface area contributed by atoms with Gasteiger partial charge in [-0.25, -0.2) is 0 Å². The minimum Gasteiger partial charge on any atom is -0.462 e. The molecule has 0 aromatic rings. The van der Waals surface area contributed by atoms with Crippen LogP contribution in [0.3, 0.4) is 0 Å². The highest BCUT2D eigenvalue weighted by Crippen LogP contribution is 2.39. The Morgan fingerprint density at radius 1 is 0.250 bits per heavy atom. The molecule has 0 spiro atoms. The summed E-state index contributed by atoms with van der Waals surface area (Å²) in [6.07, 6.45) is 76.6. The molecule has 662 valence electrons. The van der Waals surface area contributed by atoms with Gasteiger partial charge in [0.1, 0.15) is 24.4 Å². The highest BCUT2D eigenvalue weighted by molar-refractivity contribution is 9.10. The number of carbonyl (C=O) groups excluding carboxylic acids is 4. The first kappa shape index (κ1) is 114. The first-order chi connectivity index (χ1) is 54.8. The van der Waals surface area contributed by atoms with E-state index in [1.165, 1.54) is 331 Å². The van der Waals surface area contributed by atoms with Gasteiger partial charge in [0.25, 0.3) is 0 Å². The van der Waals surface area contributed by atoms with Gasteiger partial charge in [-0.2, -0.15) is 0 Å². The first-order valence-corrected chi connectivity index (χ1v) is 61.6. The summed E-state index contributed by atoms with van der Waals surface area (Å²) in [4.78, 5) is 55.4. The van der Waals surface area contributed by atoms with Crippen molar-refractivity contribution in [3.05, 3.63) is 23.3 Å². The molecule has 4 atom stereocenters. The molecular formula is C91H173NO8S12. The summed E-state index contributed by atoms with van der Waals surface area (Å²) >= 11 is 0. The van der Waals surface area contributed by atoms with Crippen molar-refractivity contribution in [2.24, 2.45) is 0 Å². The van der Waals surface area contributed by atoms with Crippen LogP contribution in [0.15, 0.2) is 23.3 Å². The Hall–Kier alpha value is 1.52. The van der Waals surface area contributed by atoms with Crippen LogP contribution < -0.4 is 0 Å². The van der Waals surface area contributed by atoms with Crippen LogP contribution in [0.1, 0.15) is 441 Å². The number of ether oxygens (including phenoxy) is 4. The lowest BCUT2D eigenvalue weighted by atomic mass is 10.0. The lowest BCUT2D eigenvalue weighted by molar-refractivity contribution is -0.148. The van der Waals surface area contributed by atoms with Crippen LogP contribution >= 0.6 is 126 Å². The van der Waals surface area contributed by atoms with Crippen molar-refractivity contribution < 1.29 is 38.1 Å². The Balaban J connectivity index is 5.48. The maximum absolute atomic E-state index is 13.4. The number of unbranched alkanes of at least 4 members (excludes halogenated alkanes) is 44. The van der Waals surface area contributed by atoms with Crippen LogP contribution in [0.25, 0.3) is 0 Å². The number of hydrogen-bond donors (Lipinski definition) is 0. The summed E-state index contributed by atoms with van der Waals surface area (Å²) < 4.78 is 23.7. The Bertz CT molecular complexity index is 2090. The number of hydrogen-bond acceptors (Lipinski definition) is 21. The normalized spacial score (nSPS) is 13.1. The molecule has 21 heteroatoms. The van der Waals surface area contributed by atoms with Crippen molar-refractivity contribution >= 4 is 150 Å². The summed E-state index contributed by atoms with van der Waals surface area (Å²) in [5.74, 6) is 7.06. The van der Waals surface area contributed by atoms with Gasteiger partial charge < -0.3 is 23.8 Å². The molecule has 112 heavy (non-hydrogen) atoms. The summed E-state index contributed by atoms with van der Waals surface area (Å²) in [5.41, 5.74) is 2.37. The first-order valence-electron chi connectivity index (χ1n) is 46.3. The zero-order valence-corrected chi connectivity index (χ0v) is 83.4. The summed E-state index contributed by atoms with van der Waals surface area (Å²) in [6.45, 7) is 18.9. The largest absolute Gasteiger partial charge is 0.462 e. The minimum absolute atomic E-state index is 0.147. The zero-order valence-electron chi connectivity index (χ0n) is 73.6. The second-order valence-electron chi connectivity index (χ2n) is 31.8. The standard InChI is InChI=1S/C91H173NO8S12/c1-10-14-18-22-26-30-34-38-42-46-50-54-74-101-109-105-78-82(5)97-88(93)66-58-62-86(68-70-90(95)99-84(7)80-107-111-103-76-56-52-48-44-40-36-32-28-24-20-16-12-3)64-60-72-92(9)73-61-65-87(69-71-91(96)100-85(8)81-108-112-104-77-57-53-49-45-41-37-33-29-25-21-17-13-4)63-59-67-89(94)98-83(6)79-106-110-102-75-55-51-47-43-39-35-31-27-23-19-15-11-2/h62,65,82-85H,10-61,63-64,66-81H2,1-9H3/b86-62-,87-65-. The molecule has 0 aliphatic heterocycles. The van der Waals surface area contributed by atoms with Crippen molar-refractivity contribution in [1.29, 1.82) is 0 Å². The van der Waals surface area contributed by atoms with Crippen LogP contribution in [0, 0.1) is 0 Å². The Morgan fingerprint density at radius 2 is 0.482 bits per heavy atom. The lowest BCUT2D eigenvalue weighted by Gasteiger charge is -2.17.